The number of rotatable bonds is 3. The molecule has 0 bridgehead atoms. The van der Waals surface area contributed by atoms with Crippen molar-refractivity contribution in [3.63, 3.8) is 0 Å². The first-order valence-electron chi connectivity index (χ1n) is 7.58. The molecule has 0 saturated carbocycles. The molecular weight excluding hydrogens is 282 g/mol. The van der Waals surface area contributed by atoms with Crippen molar-refractivity contribution < 1.29 is 13.9 Å². The van der Waals surface area contributed by atoms with Gasteiger partial charge in [-0.3, -0.25) is 0 Å². The molecule has 0 spiro atoms. The highest BCUT2D eigenvalue weighted by Gasteiger charge is 2.16. The van der Waals surface area contributed by atoms with Crippen molar-refractivity contribution in [2.75, 3.05) is 6.61 Å². The first kappa shape index (κ1) is 13.5. The molecule has 5 nitrogen and oxygen atoms in total. The highest BCUT2D eigenvalue weighted by molar-refractivity contribution is 6.06. The lowest BCUT2D eigenvalue weighted by atomic mass is 10.2. The van der Waals surface area contributed by atoms with Gasteiger partial charge in [-0.2, -0.15) is 0 Å². The van der Waals surface area contributed by atoms with Crippen molar-refractivity contribution in [1.82, 2.24) is 4.98 Å². The Morgan fingerprint density at radius 3 is 3.00 bits per heavy atom. The average molecular weight is 299 g/mol. The van der Waals surface area contributed by atoms with Crippen LogP contribution in [-0.4, -0.2) is 17.9 Å². The normalized spacial score (nSPS) is 19.0. The van der Waals surface area contributed by atoms with Crippen molar-refractivity contribution in [2.24, 2.45) is 0 Å². The third-order valence-corrected chi connectivity index (χ3v) is 4.02. The molecule has 1 fully saturated rings. The van der Waals surface area contributed by atoms with Crippen molar-refractivity contribution >= 4 is 21.8 Å². The highest BCUT2D eigenvalue weighted by atomic mass is 16.7. The van der Waals surface area contributed by atoms with Crippen LogP contribution >= 0.6 is 0 Å². The van der Waals surface area contributed by atoms with E-state index in [1.807, 2.05) is 30.3 Å². The number of nitrogens with one attached hydrogen (secondary N) is 1. The summed E-state index contributed by atoms with van der Waals surface area (Å²) < 4.78 is 16.6. The van der Waals surface area contributed by atoms with Crippen LogP contribution in [0.3, 0.4) is 0 Å². The van der Waals surface area contributed by atoms with Crippen LogP contribution < -0.4 is 5.63 Å². The number of para-hydroxylation sites is 1. The Labute approximate surface area is 126 Å². The van der Waals surface area contributed by atoms with E-state index in [-0.39, 0.29) is 18.5 Å². The minimum absolute atomic E-state index is 0.197. The molecule has 2 aromatic heterocycles. The summed E-state index contributed by atoms with van der Waals surface area (Å²) in [7, 11) is 0. The number of aromatic amines is 1. The molecule has 22 heavy (non-hydrogen) atoms. The van der Waals surface area contributed by atoms with Gasteiger partial charge in [0.05, 0.1) is 10.9 Å². The number of H-pyrrole nitrogens is 1. The summed E-state index contributed by atoms with van der Waals surface area (Å²) in [6.07, 6.45) is 2.88. The van der Waals surface area contributed by atoms with Crippen LogP contribution in [-0.2, 0) is 16.1 Å². The Kier molecular flexibility index (Phi) is 3.44. The van der Waals surface area contributed by atoms with Gasteiger partial charge in [-0.1, -0.05) is 18.2 Å². The molecular formula is C17H17NO4. The van der Waals surface area contributed by atoms with Crippen LogP contribution in [0.4, 0.5) is 0 Å². The van der Waals surface area contributed by atoms with Crippen LogP contribution in [0, 0.1) is 0 Å². The number of hydrogen-bond donors (Lipinski definition) is 1. The van der Waals surface area contributed by atoms with Gasteiger partial charge in [-0.15, -0.1) is 0 Å². The maximum Gasteiger partial charge on any atom is 0.346 e. The van der Waals surface area contributed by atoms with Gasteiger partial charge in [0.1, 0.15) is 12.4 Å². The maximum absolute atomic E-state index is 12.3. The molecule has 0 amide bonds. The Balaban J connectivity index is 1.65. The standard InChI is InChI=1S/C17H17NO4/c19-17-16-12-5-1-2-6-13(12)18-14(16)9-11(22-17)10-21-15-7-3-4-8-20-15/h1-2,5-6,9,15,18H,3-4,7-8,10H2. The summed E-state index contributed by atoms with van der Waals surface area (Å²) in [4.78, 5) is 15.5. The van der Waals surface area contributed by atoms with Crippen molar-refractivity contribution in [1.29, 1.82) is 0 Å². The van der Waals surface area contributed by atoms with E-state index in [1.165, 1.54) is 0 Å². The molecule has 4 rings (SSSR count). The van der Waals surface area contributed by atoms with E-state index in [9.17, 15) is 4.79 Å². The van der Waals surface area contributed by atoms with Crippen molar-refractivity contribution in [2.45, 2.75) is 32.2 Å². The van der Waals surface area contributed by atoms with E-state index in [0.717, 1.165) is 42.3 Å². The molecule has 114 valence electrons. The van der Waals surface area contributed by atoms with Crippen molar-refractivity contribution in [3.05, 3.63) is 46.5 Å². The Morgan fingerprint density at radius 1 is 1.23 bits per heavy atom. The molecule has 3 aromatic rings. The number of fused-ring (bicyclic) bond motifs is 3. The molecule has 1 aliphatic heterocycles. The SMILES string of the molecule is O=c1oc(COC2CCCCO2)cc2[nH]c3ccccc3c12. The second kappa shape index (κ2) is 5.59. The summed E-state index contributed by atoms with van der Waals surface area (Å²) in [6, 6.07) is 9.54. The summed E-state index contributed by atoms with van der Waals surface area (Å²) in [5.74, 6) is 0.512. The third-order valence-electron chi connectivity index (χ3n) is 4.02. The molecule has 0 aliphatic carbocycles. The van der Waals surface area contributed by atoms with Crippen LogP contribution in [0.25, 0.3) is 21.8 Å². The summed E-state index contributed by atoms with van der Waals surface area (Å²) in [5.41, 5.74) is 1.37. The van der Waals surface area contributed by atoms with Gasteiger partial charge < -0.3 is 18.9 Å². The zero-order valence-corrected chi connectivity index (χ0v) is 12.1. The molecule has 0 radical (unpaired) electrons. The van der Waals surface area contributed by atoms with Gasteiger partial charge in [0.2, 0.25) is 0 Å². The fourth-order valence-corrected chi connectivity index (χ4v) is 2.94. The minimum atomic E-state index is -0.335. The first-order chi connectivity index (χ1) is 10.8. The van der Waals surface area contributed by atoms with Crippen LogP contribution in [0.5, 0.6) is 0 Å². The van der Waals surface area contributed by atoms with Crippen LogP contribution in [0.15, 0.2) is 39.5 Å². The maximum atomic E-state index is 12.3. The predicted octanol–water partition coefficient (Wildman–Crippen LogP) is 3.32. The Morgan fingerprint density at radius 2 is 2.14 bits per heavy atom. The van der Waals surface area contributed by atoms with E-state index < -0.39 is 0 Å². The Bertz CT molecular complexity index is 858. The number of benzene rings is 1. The van der Waals surface area contributed by atoms with Crippen molar-refractivity contribution in [3.8, 4) is 0 Å². The molecule has 1 aromatic carbocycles. The fraction of sp³-hybridized carbons (Fsp3) is 0.353. The summed E-state index contributed by atoms with van der Waals surface area (Å²) in [6.45, 7) is 0.973. The molecule has 1 unspecified atom stereocenters. The largest absolute Gasteiger partial charge is 0.425 e. The lowest BCUT2D eigenvalue weighted by molar-refractivity contribution is -0.171. The second-order valence-corrected chi connectivity index (χ2v) is 5.57. The Hall–Kier alpha value is -2.11. The number of aromatic nitrogens is 1. The molecule has 1 aliphatic rings. The number of hydrogen-bond acceptors (Lipinski definition) is 4. The molecule has 1 N–H and O–H groups in total. The minimum Gasteiger partial charge on any atom is -0.425 e. The molecule has 5 heteroatoms. The zero-order chi connectivity index (χ0) is 14.9. The van der Waals surface area contributed by atoms with E-state index in [2.05, 4.69) is 4.98 Å². The fourth-order valence-electron chi connectivity index (χ4n) is 2.94. The lowest BCUT2D eigenvalue weighted by Gasteiger charge is -2.22. The van der Waals surface area contributed by atoms with E-state index in [4.69, 9.17) is 13.9 Å². The monoisotopic (exact) mass is 299 g/mol. The number of ether oxygens (including phenoxy) is 2. The predicted molar refractivity (Wildman–Crippen MR) is 82.7 cm³/mol. The van der Waals surface area contributed by atoms with Gasteiger partial charge in [-0.25, -0.2) is 4.79 Å². The summed E-state index contributed by atoms with van der Waals surface area (Å²) >= 11 is 0. The van der Waals surface area contributed by atoms with Gasteiger partial charge in [-0.05, 0) is 25.3 Å². The van der Waals surface area contributed by atoms with Crippen LogP contribution in [0.2, 0.25) is 0 Å². The van der Waals surface area contributed by atoms with Gasteiger partial charge in [0.25, 0.3) is 0 Å². The molecule has 1 atom stereocenters. The third kappa shape index (κ3) is 2.42. The molecule has 1 saturated heterocycles. The quantitative estimate of drug-likeness (QED) is 0.805. The first-order valence-corrected chi connectivity index (χ1v) is 7.58. The smallest absolute Gasteiger partial charge is 0.346 e. The highest BCUT2D eigenvalue weighted by Crippen LogP contribution is 2.23. The average Bonchev–Trinajstić information content (AvgIpc) is 2.92. The van der Waals surface area contributed by atoms with Gasteiger partial charge >= 0.3 is 5.63 Å². The summed E-state index contributed by atoms with van der Waals surface area (Å²) in [5, 5.41) is 1.47. The lowest BCUT2D eigenvalue weighted by Crippen LogP contribution is -2.22. The second-order valence-electron chi connectivity index (χ2n) is 5.57. The van der Waals surface area contributed by atoms with E-state index in [1.54, 1.807) is 0 Å². The zero-order valence-electron chi connectivity index (χ0n) is 12.1. The van der Waals surface area contributed by atoms with Crippen LogP contribution in [0.1, 0.15) is 25.0 Å². The van der Waals surface area contributed by atoms with Gasteiger partial charge in [0, 0.05) is 23.6 Å². The van der Waals surface area contributed by atoms with Gasteiger partial charge in [0.15, 0.2) is 6.29 Å². The van der Waals surface area contributed by atoms with E-state index in [0.29, 0.717) is 11.1 Å². The topological polar surface area (TPSA) is 64.5 Å². The molecule has 3 heterocycles. The van der Waals surface area contributed by atoms with E-state index >= 15 is 0 Å².